The molecule has 0 rings (SSSR count). The fraction of sp³-hybridized carbons (Fsp3) is 0.840. The van der Waals surface area contributed by atoms with E-state index in [1.54, 1.807) is 14.1 Å². The van der Waals surface area contributed by atoms with Gasteiger partial charge >= 0.3 is 29.6 Å². The predicted molar refractivity (Wildman–Crippen MR) is 129 cm³/mol. The fourth-order valence-corrected chi connectivity index (χ4v) is 2.89. The predicted octanol–water partition coefficient (Wildman–Crippen LogP) is 2.94. The van der Waals surface area contributed by atoms with Crippen LogP contribution in [-0.2, 0) is 9.59 Å². The number of amides is 1. The van der Waals surface area contributed by atoms with Crippen LogP contribution in [0.4, 0.5) is 0 Å². The number of allylic oxidation sites excluding steroid dienone is 2. The van der Waals surface area contributed by atoms with E-state index in [-0.39, 0.29) is 45.6 Å². The van der Waals surface area contributed by atoms with Crippen molar-refractivity contribution in [1.29, 1.82) is 0 Å². The standard InChI is InChI=1S/C13H23O.C12H26N2O2.Na.H2O/c1-2-3-4-5-6-7-8-9-10-11-12-13-14;1-4-5-6-7-9-12(15)13-10-8-11-14(2,3)16;;/h4-5H,2-3,6-12H2,1H3;16H,4-11H2,1-3H3;;1H2/q-1;;+1;/b5-4+;;;. The smallest absolute Gasteiger partial charge is 0.870 e. The maximum Gasteiger partial charge on any atom is 1.00 e. The quantitative estimate of drug-likeness (QED) is 0.0764. The van der Waals surface area contributed by atoms with Crippen LogP contribution in [0.1, 0.15) is 110 Å². The minimum atomic E-state index is -0.0353. The van der Waals surface area contributed by atoms with Gasteiger partial charge in [0.05, 0.1) is 14.1 Å². The maximum atomic E-state index is 11.4. The number of unbranched alkanes of at least 4 members (excludes halogenated alkanes) is 10. The Bertz CT molecular complexity index is 413. The van der Waals surface area contributed by atoms with Crippen LogP contribution in [0.5, 0.6) is 0 Å². The first-order valence-electron chi connectivity index (χ1n) is 12.2. The van der Waals surface area contributed by atoms with Crippen molar-refractivity contribution in [2.24, 2.45) is 0 Å². The van der Waals surface area contributed by atoms with Crippen molar-refractivity contribution in [3.8, 4) is 0 Å². The first-order valence-corrected chi connectivity index (χ1v) is 12.2. The van der Waals surface area contributed by atoms with E-state index in [4.69, 9.17) is 0 Å². The summed E-state index contributed by atoms with van der Waals surface area (Å²) in [4.78, 5) is 21.3. The Morgan fingerprint density at radius 1 is 0.875 bits per heavy atom. The summed E-state index contributed by atoms with van der Waals surface area (Å²) in [6.07, 6.45) is 22.9. The van der Waals surface area contributed by atoms with E-state index in [1.165, 1.54) is 57.8 Å². The summed E-state index contributed by atoms with van der Waals surface area (Å²) >= 11 is 0. The molecule has 0 spiro atoms. The van der Waals surface area contributed by atoms with E-state index in [2.05, 4.69) is 31.3 Å². The Labute approximate surface area is 220 Å². The van der Waals surface area contributed by atoms with E-state index in [9.17, 15) is 14.8 Å². The number of hydroxylamine groups is 3. The number of hydrogen-bond acceptors (Lipinski definition) is 4. The van der Waals surface area contributed by atoms with Gasteiger partial charge in [0, 0.05) is 19.4 Å². The van der Waals surface area contributed by atoms with Crippen LogP contribution in [-0.4, -0.2) is 54.7 Å². The van der Waals surface area contributed by atoms with E-state index < -0.39 is 0 Å². The molecular formula is C25H51N2NaO4. The van der Waals surface area contributed by atoms with Crippen molar-refractivity contribution in [1.82, 2.24) is 5.32 Å². The van der Waals surface area contributed by atoms with Crippen molar-refractivity contribution in [2.75, 3.05) is 27.2 Å². The van der Waals surface area contributed by atoms with Gasteiger partial charge in [0.2, 0.25) is 5.91 Å². The van der Waals surface area contributed by atoms with Gasteiger partial charge in [-0.15, -0.1) is 0 Å². The molecule has 0 radical (unpaired) electrons. The third-order valence-corrected chi connectivity index (χ3v) is 4.73. The second-order valence-electron chi connectivity index (χ2n) is 8.57. The molecular weight excluding hydrogens is 415 g/mol. The maximum absolute atomic E-state index is 11.4. The summed E-state index contributed by atoms with van der Waals surface area (Å²) in [6.45, 7) is 5.69. The molecule has 7 heteroatoms. The molecule has 0 heterocycles. The summed E-state index contributed by atoms with van der Waals surface area (Å²) < 4.78 is -0.0353. The summed E-state index contributed by atoms with van der Waals surface area (Å²) in [5.41, 5.74) is 0. The Hall–Kier alpha value is -0.240. The van der Waals surface area contributed by atoms with Crippen LogP contribution in [0.2, 0.25) is 0 Å². The summed E-state index contributed by atoms with van der Waals surface area (Å²) in [7, 11) is 3.46. The van der Waals surface area contributed by atoms with Crippen molar-refractivity contribution in [3.05, 3.63) is 12.2 Å². The van der Waals surface area contributed by atoms with Crippen LogP contribution in [0, 0.1) is 0 Å². The minimum Gasteiger partial charge on any atom is -0.870 e. The molecule has 0 aromatic heterocycles. The number of nitrogens with zero attached hydrogens (tertiary/aromatic N) is 1. The Balaban J connectivity index is -0.000000232. The molecule has 0 saturated heterocycles. The van der Waals surface area contributed by atoms with Crippen LogP contribution in [0.25, 0.3) is 0 Å². The first kappa shape index (κ1) is 39.0. The minimum absolute atomic E-state index is 0. The van der Waals surface area contributed by atoms with E-state index >= 15 is 0 Å². The number of carbonyl (C=O) groups excluding carboxylic acids is 2. The van der Waals surface area contributed by atoms with E-state index in [1.807, 2.05) is 6.29 Å². The monoisotopic (exact) mass is 466 g/mol. The zero-order valence-electron chi connectivity index (χ0n) is 21.8. The molecule has 32 heavy (non-hydrogen) atoms. The van der Waals surface area contributed by atoms with Gasteiger partial charge in [-0.25, -0.2) is 5.21 Å². The molecule has 0 aromatic carbocycles. The van der Waals surface area contributed by atoms with Gasteiger partial charge in [-0.3, -0.25) is 11.1 Å². The van der Waals surface area contributed by atoms with E-state index in [0.717, 1.165) is 25.7 Å². The number of quaternary nitrogens is 1. The van der Waals surface area contributed by atoms with Gasteiger partial charge in [0.25, 0.3) is 0 Å². The SMILES string of the molecule is CCC/C=C/CCCCCCC[C-]=O.CCCCCCC(=O)NCCC[N+](C)(C)O.[Na+].[OH-]. The van der Waals surface area contributed by atoms with Crippen molar-refractivity contribution < 1.29 is 54.5 Å². The van der Waals surface area contributed by atoms with Crippen LogP contribution < -0.4 is 34.9 Å². The number of carbonyl (C=O) groups is 1. The van der Waals surface area contributed by atoms with Gasteiger partial charge in [-0.1, -0.05) is 77.4 Å². The van der Waals surface area contributed by atoms with E-state index in [0.29, 0.717) is 25.9 Å². The second kappa shape index (κ2) is 30.8. The van der Waals surface area contributed by atoms with Crippen molar-refractivity contribution in [2.45, 2.75) is 110 Å². The third kappa shape index (κ3) is 40.2. The molecule has 0 bridgehead atoms. The molecule has 1 amide bonds. The average Bonchev–Trinajstić information content (AvgIpc) is 2.70. The zero-order chi connectivity index (χ0) is 22.9. The van der Waals surface area contributed by atoms with Gasteiger partial charge in [-0.2, -0.15) is 11.1 Å². The Morgan fingerprint density at radius 3 is 2.06 bits per heavy atom. The van der Waals surface area contributed by atoms with Gasteiger partial charge in [0.1, 0.15) is 6.54 Å². The third-order valence-electron chi connectivity index (χ3n) is 4.73. The van der Waals surface area contributed by atoms with Crippen molar-refractivity contribution >= 4 is 12.2 Å². The topological polar surface area (TPSA) is 96.4 Å². The molecule has 0 fully saturated rings. The Kier molecular flexibility index (Phi) is 37.5. The normalized spacial score (nSPS) is 10.5. The van der Waals surface area contributed by atoms with Gasteiger partial charge in [0.15, 0.2) is 0 Å². The van der Waals surface area contributed by atoms with Gasteiger partial charge < -0.3 is 15.6 Å². The first-order chi connectivity index (χ1) is 14.4. The van der Waals surface area contributed by atoms with Crippen LogP contribution in [0.15, 0.2) is 12.2 Å². The zero-order valence-corrected chi connectivity index (χ0v) is 23.8. The van der Waals surface area contributed by atoms with Crippen LogP contribution in [0.3, 0.4) is 0 Å². The van der Waals surface area contributed by atoms with Crippen LogP contribution >= 0.6 is 0 Å². The molecule has 186 valence electrons. The molecule has 0 saturated carbocycles. The molecule has 0 aliphatic heterocycles. The summed E-state index contributed by atoms with van der Waals surface area (Å²) in [6, 6.07) is 0. The molecule has 0 unspecified atom stereocenters. The fourth-order valence-electron chi connectivity index (χ4n) is 2.89. The molecule has 0 atom stereocenters. The largest absolute Gasteiger partial charge is 1.00 e. The molecule has 0 aliphatic carbocycles. The molecule has 0 aliphatic rings. The molecule has 3 N–H and O–H groups in total. The van der Waals surface area contributed by atoms with Crippen molar-refractivity contribution in [3.63, 3.8) is 0 Å². The summed E-state index contributed by atoms with van der Waals surface area (Å²) in [5, 5.41) is 12.3. The second-order valence-corrected chi connectivity index (χ2v) is 8.57. The number of rotatable bonds is 19. The summed E-state index contributed by atoms with van der Waals surface area (Å²) in [5.74, 6) is 0.138. The average molecular weight is 467 g/mol. The molecule has 6 nitrogen and oxygen atoms in total. The number of hydrogen-bond donors (Lipinski definition) is 2. The molecule has 0 aromatic rings. The number of nitrogens with one attached hydrogen (secondary N) is 1. The Morgan fingerprint density at radius 2 is 1.47 bits per heavy atom. The van der Waals surface area contributed by atoms with Gasteiger partial charge in [-0.05, 0) is 25.7 Å².